The van der Waals surface area contributed by atoms with Crippen molar-refractivity contribution in [3.05, 3.63) is 29.8 Å². The number of carboxylic acids is 1. The van der Waals surface area contributed by atoms with E-state index in [2.05, 4.69) is 0 Å². The number of hydrogen-bond donors (Lipinski definition) is 1. The van der Waals surface area contributed by atoms with Crippen molar-refractivity contribution in [2.75, 3.05) is 5.06 Å². The topological polar surface area (TPSA) is 66.8 Å². The van der Waals surface area contributed by atoms with Crippen LogP contribution in [0.5, 0.6) is 0 Å². The molecule has 1 heterocycles. The highest BCUT2D eigenvalue weighted by Gasteiger charge is 2.31. The summed E-state index contributed by atoms with van der Waals surface area (Å²) in [6, 6.07) is 6.15. The number of hydrogen-bond acceptors (Lipinski definition) is 3. The zero-order valence-corrected chi connectivity index (χ0v) is 9.42. The van der Waals surface area contributed by atoms with Gasteiger partial charge in [0, 0.05) is 0 Å². The molecule has 1 N–H and O–H groups in total. The molecule has 1 aliphatic rings. The molecule has 1 saturated heterocycles. The number of rotatable bonds is 3. The highest BCUT2D eigenvalue weighted by Crippen LogP contribution is 2.25. The third-order valence-electron chi connectivity index (χ3n) is 2.67. The molecule has 2 rings (SSSR count). The molecule has 0 aromatic heterocycles. The van der Waals surface area contributed by atoms with Gasteiger partial charge in [0.25, 0.3) is 5.91 Å². The Morgan fingerprint density at radius 2 is 2.35 bits per heavy atom. The zero-order valence-electron chi connectivity index (χ0n) is 9.42. The van der Waals surface area contributed by atoms with E-state index in [1.54, 1.807) is 12.1 Å². The molecular formula is C12H13NO4. The third-order valence-corrected chi connectivity index (χ3v) is 2.67. The van der Waals surface area contributed by atoms with E-state index >= 15 is 0 Å². The molecule has 0 spiro atoms. The molecule has 1 unspecified atom stereocenters. The van der Waals surface area contributed by atoms with Crippen molar-refractivity contribution in [1.82, 2.24) is 0 Å². The Bertz CT molecular complexity index is 458. The van der Waals surface area contributed by atoms with Crippen molar-refractivity contribution >= 4 is 17.6 Å². The second-order valence-electron chi connectivity index (χ2n) is 3.88. The first-order valence-electron chi connectivity index (χ1n) is 5.45. The molecule has 1 fully saturated rings. The lowest BCUT2D eigenvalue weighted by molar-refractivity contribution is -0.119. The largest absolute Gasteiger partial charge is 0.478 e. The number of benzene rings is 1. The summed E-state index contributed by atoms with van der Waals surface area (Å²) in [5.41, 5.74) is 0.602. The summed E-state index contributed by atoms with van der Waals surface area (Å²) in [6.45, 7) is 1.94. The lowest BCUT2D eigenvalue weighted by Crippen LogP contribution is -2.23. The Kier molecular flexibility index (Phi) is 3.10. The second-order valence-corrected chi connectivity index (χ2v) is 3.88. The lowest BCUT2D eigenvalue weighted by atomic mass is 10.2. The Balaban J connectivity index is 2.25. The maximum absolute atomic E-state index is 11.7. The van der Waals surface area contributed by atoms with Crippen molar-refractivity contribution in [2.24, 2.45) is 0 Å². The van der Waals surface area contributed by atoms with Crippen LogP contribution >= 0.6 is 0 Å². The molecule has 1 atom stereocenters. The van der Waals surface area contributed by atoms with Crippen LogP contribution < -0.4 is 5.06 Å². The van der Waals surface area contributed by atoms with Crippen LogP contribution in [0.4, 0.5) is 5.69 Å². The predicted molar refractivity (Wildman–Crippen MR) is 60.7 cm³/mol. The summed E-state index contributed by atoms with van der Waals surface area (Å²) >= 11 is 0. The highest BCUT2D eigenvalue weighted by molar-refractivity contribution is 5.95. The molecule has 0 aliphatic carbocycles. The fourth-order valence-corrected chi connectivity index (χ4v) is 1.71. The number of aromatic carboxylic acids is 1. The first kappa shape index (κ1) is 11.6. The number of anilines is 1. The van der Waals surface area contributed by atoms with Gasteiger partial charge in [-0.2, -0.15) is 5.06 Å². The number of carboxylic acid groups (broad SMARTS) is 1. The van der Waals surface area contributed by atoms with Crippen molar-refractivity contribution in [3.63, 3.8) is 0 Å². The lowest BCUT2D eigenvalue weighted by Gasteiger charge is -2.16. The Morgan fingerprint density at radius 3 is 2.94 bits per heavy atom. The van der Waals surface area contributed by atoms with Gasteiger partial charge in [-0.25, -0.2) is 4.79 Å². The zero-order chi connectivity index (χ0) is 12.4. The predicted octanol–water partition coefficient (Wildman–Crippen LogP) is 1.83. The molecule has 1 aromatic carbocycles. The smallest absolute Gasteiger partial charge is 0.335 e. The van der Waals surface area contributed by atoms with Gasteiger partial charge in [0.2, 0.25) is 0 Å². The van der Waals surface area contributed by atoms with Crippen LogP contribution in [0.3, 0.4) is 0 Å². The van der Waals surface area contributed by atoms with Gasteiger partial charge < -0.3 is 5.11 Å². The van der Waals surface area contributed by atoms with Crippen LogP contribution in [0.25, 0.3) is 0 Å². The average Bonchev–Trinajstić information content (AvgIpc) is 2.71. The normalized spacial score (nSPS) is 19.7. The summed E-state index contributed by atoms with van der Waals surface area (Å²) in [4.78, 5) is 27.9. The van der Waals surface area contributed by atoms with Gasteiger partial charge in [0.15, 0.2) is 0 Å². The van der Waals surface area contributed by atoms with E-state index in [0.717, 1.165) is 6.42 Å². The Morgan fingerprint density at radius 1 is 1.59 bits per heavy atom. The summed E-state index contributed by atoms with van der Waals surface area (Å²) in [7, 11) is 0. The van der Waals surface area contributed by atoms with Gasteiger partial charge in [-0.05, 0) is 24.6 Å². The van der Waals surface area contributed by atoms with Gasteiger partial charge in [-0.1, -0.05) is 13.0 Å². The average molecular weight is 235 g/mol. The minimum Gasteiger partial charge on any atom is -0.478 e. The Hall–Kier alpha value is -1.88. The number of amides is 1. The van der Waals surface area contributed by atoms with E-state index in [9.17, 15) is 9.59 Å². The molecular weight excluding hydrogens is 222 g/mol. The Labute approximate surface area is 98.6 Å². The SMILES string of the molecule is CCC1CC(=O)N(c2cccc(C(=O)O)c2)O1. The standard InChI is InChI=1S/C12H13NO4/c1-2-10-7-11(14)13(17-10)9-5-3-4-8(6-9)12(15)16/h3-6,10H,2,7H2,1H3,(H,15,16). The number of carbonyl (C=O) groups excluding carboxylic acids is 1. The number of nitrogens with zero attached hydrogens (tertiary/aromatic N) is 1. The molecule has 1 amide bonds. The fourth-order valence-electron chi connectivity index (χ4n) is 1.71. The summed E-state index contributed by atoms with van der Waals surface area (Å²) in [5, 5.41) is 10.1. The molecule has 0 bridgehead atoms. The van der Waals surface area contributed by atoms with Gasteiger partial charge in [-0.3, -0.25) is 9.63 Å². The molecule has 90 valence electrons. The summed E-state index contributed by atoms with van der Waals surface area (Å²) in [6.07, 6.45) is 0.977. The van der Waals surface area contributed by atoms with Crippen LogP contribution in [0, 0.1) is 0 Å². The number of hydroxylamine groups is 1. The van der Waals surface area contributed by atoms with E-state index in [1.165, 1.54) is 17.2 Å². The fraction of sp³-hybridized carbons (Fsp3) is 0.333. The molecule has 17 heavy (non-hydrogen) atoms. The van der Waals surface area contributed by atoms with Gasteiger partial charge >= 0.3 is 5.97 Å². The second kappa shape index (κ2) is 4.55. The van der Waals surface area contributed by atoms with Crippen molar-refractivity contribution in [2.45, 2.75) is 25.9 Å². The van der Waals surface area contributed by atoms with E-state index in [4.69, 9.17) is 9.94 Å². The summed E-state index contributed by atoms with van der Waals surface area (Å²) in [5.74, 6) is -1.16. The molecule has 5 heteroatoms. The highest BCUT2D eigenvalue weighted by atomic mass is 16.7. The molecule has 0 radical (unpaired) electrons. The first-order chi connectivity index (χ1) is 8.11. The summed E-state index contributed by atoms with van der Waals surface area (Å²) < 4.78 is 0. The van der Waals surface area contributed by atoms with Crippen molar-refractivity contribution < 1.29 is 19.5 Å². The van der Waals surface area contributed by atoms with Gasteiger partial charge in [-0.15, -0.1) is 0 Å². The molecule has 5 nitrogen and oxygen atoms in total. The quantitative estimate of drug-likeness (QED) is 0.867. The first-order valence-corrected chi connectivity index (χ1v) is 5.45. The number of carbonyl (C=O) groups is 2. The maximum atomic E-state index is 11.7. The van der Waals surface area contributed by atoms with Crippen LogP contribution in [0.15, 0.2) is 24.3 Å². The van der Waals surface area contributed by atoms with Crippen molar-refractivity contribution in [3.8, 4) is 0 Å². The van der Waals surface area contributed by atoms with E-state index in [1.807, 2.05) is 6.92 Å². The van der Waals surface area contributed by atoms with Crippen molar-refractivity contribution in [1.29, 1.82) is 0 Å². The molecule has 0 saturated carbocycles. The van der Waals surface area contributed by atoms with E-state index in [-0.39, 0.29) is 17.6 Å². The maximum Gasteiger partial charge on any atom is 0.335 e. The van der Waals surface area contributed by atoms with E-state index < -0.39 is 5.97 Å². The van der Waals surface area contributed by atoms with Gasteiger partial charge in [0.1, 0.15) is 0 Å². The van der Waals surface area contributed by atoms with Crippen LogP contribution in [-0.4, -0.2) is 23.1 Å². The van der Waals surface area contributed by atoms with Crippen LogP contribution in [-0.2, 0) is 9.63 Å². The third kappa shape index (κ3) is 2.29. The monoisotopic (exact) mass is 235 g/mol. The van der Waals surface area contributed by atoms with Crippen LogP contribution in [0.1, 0.15) is 30.1 Å². The minimum atomic E-state index is -1.02. The molecule has 1 aliphatic heterocycles. The minimum absolute atomic E-state index is 0.115. The van der Waals surface area contributed by atoms with E-state index in [0.29, 0.717) is 12.1 Å². The van der Waals surface area contributed by atoms with Crippen LogP contribution in [0.2, 0.25) is 0 Å². The van der Waals surface area contributed by atoms with Gasteiger partial charge in [0.05, 0.1) is 23.8 Å². The molecule has 1 aromatic rings.